The summed E-state index contributed by atoms with van der Waals surface area (Å²) in [6.07, 6.45) is 4.45. The number of hydrogen-bond donors (Lipinski definition) is 2. The van der Waals surface area contributed by atoms with Gasteiger partial charge in [0.25, 0.3) is 0 Å². The van der Waals surface area contributed by atoms with Gasteiger partial charge in [0.1, 0.15) is 0 Å². The number of hydrogen-bond acceptors (Lipinski definition) is 5. The Labute approximate surface area is 129 Å². The summed E-state index contributed by atoms with van der Waals surface area (Å²) in [5.74, 6) is 0.776. The number of nitrogens with one attached hydrogen (secondary N) is 2. The van der Waals surface area contributed by atoms with Crippen LogP contribution in [0.2, 0.25) is 0 Å². The van der Waals surface area contributed by atoms with Crippen molar-refractivity contribution in [3.8, 4) is 0 Å². The number of thioether (sulfide) groups is 1. The third-order valence-electron chi connectivity index (χ3n) is 3.13. The summed E-state index contributed by atoms with van der Waals surface area (Å²) in [7, 11) is -3.40. The van der Waals surface area contributed by atoms with E-state index in [4.69, 9.17) is 0 Å². The summed E-state index contributed by atoms with van der Waals surface area (Å²) < 4.78 is 27.5. The van der Waals surface area contributed by atoms with Gasteiger partial charge in [0, 0.05) is 34.1 Å². The van der Waals surface area contributed by atoms with Crippen LogP contribution in [0.15, 0.2) is 11.0 Å². The Morgan fingerprint density at radius 3 is 2.80 bits per heavy atom. The summed E-state index contributed by atoms with van der Waals surface area (Å²) in [5, 5.41) is 3.42. The van der Waals surface area contributed by atoms with Crippen molar-refractivity contribution in [1.29, 1.82) is 0 Å². The van der Waals surface area contributed by atoms with Crippen LogP contribution < -0.4 is 10.0 Å². The molecule has 0 amide bonds. The highest BCUT2D eigenvalue weighted by Gasteiger charge is 2.23. The SMILES string of the molecule is CSCC(C)NS(=O)(=O)c1cc(CNC2CC2)sc1C. The zero-order valence-corrected chi connectivity index (χ0v) is 14.6. The fourth-order valence-corrected chi connectivity index (χ4v) is 5.54. The van der Waals surface area contributed by atoms with Crippen molar-refractivity contribution in [1.82, 2.24) is 10.0 Å². The summed E-state index contributed by atoms with van der Waals surface area (Å²) in [5.41, 5.74) is 0. The molecule has 114 valence electrons. The molecule has 1 aromatic rings. The van der Waals surface area contributed by atoms with Crippen LogP contribution in [-0.4, -0.2) is 32.5 Å². The number of thiophene rings is 1. The Balaban J connectivity index is 2.05. The lowest BCUT2D eigenvalue weighted by molar-refractivity contribution is 0.571. The van der Waals surface area contributed by atoms with Crippen LogP contribution in [-0.2, 0) is 16.6 Å². The maximum Gasteiger partial charge on any atom is 0.241 e. The molecule has 2 N–H and O–H groups in total. The predicted octanol–water partition coefficient (Wildman–Crippen LogP) is 2.34. The molecule has 20 heavy (non-hydrogen) atoms. The molecule has 0 bridgehead atoms. The van der Waals surface area contributed by atoms with E-state index >= 15 is 0 Å². The first-order chi connectivity index (χ1) is 9.42. The smallest absolute Gasteiger partial charge is 0.241 e. The van der Waals surface area contributed by atoms with E-state index in [2.05, 4.69) is 10.0 Å². The summed E-state index contributed by atoms with van der Waals surface area (Å²) in [6.45, 7) is 4.54. The molecule has 1 unspecified atom stereocenters. The standard InChI is InChI=1S/C13H22N2O2S3/c1-9(8-18-3)15-20(16,17)13-6-12(19-10(13)2)7-14-11-4-5-11/h6,9,11,14-15H,4-5,7-8H2,1-3H3. The molecule has 4 nitrogen and oxygen atoms in total. The molecule has 0 spiro atoms. The van der Waals surface area contributed by atoms with E-state index in [1.54, 1.807) is 23.1 Å². The molecule has 1 saturated carbocycles. The highest BCUT2D eigenvalue weighted by molar-refractivity contribution is 7.98. The molecular weight excluding hydrogens is 312 g/mol. The highest BCUT2D eigenvalue weighted by atomic mass is 32.2. The zero-order chi connectivity index (χ0) is 14.8. The monoisotopic (exact) mass is 334 g/mol. The summed E-state index contributed by atoms with van der Waals surface area (Å²) in [6, 6.07) is 2.39. The van der Waals surface area contributed by atoms with Gasteiger partial charge in [0.15, 0.2) is 0 Å². The molecule has 7 heteroatoms. The topological polar surface area (TPSA) is 58.2 Å². The molecule has 1 aliphatic carbocycles. The first kappa shape index (κ1) is 16.3. The van der Waals surface area contributed by atoms with Gasteiger partial charge in [0.2, 0.25) is 10.0 Å². The van der Waals surface area contributed by atoms with E-state index in [1.165, 1.54) is 12.8 Å². The number of rotatable bonds is 8. The fraction of sp³-hybridized carbons (Fsp3) is 0.692. The lowest BCUT2D eigenvalue weighted by Gasteiger charge is -2.12. The minimum Gasteiger partial charge on any atom is -0.309 e. The molecule has 1 fully saturated rings. The van der Waals surface area contributed by atoms with Gasteiger partial charge < -0.3 is 5.32 Å². The van der Waals surface area contributed by atoms with E-state index < -0.39 is 10.0 Å². The second-order valence-electron chi connectivity index (χ2n) is 5.27. The van der Waals surface area contributed by atoms with Crippen molar-refractivity contribution in [2.75, 3.05) is 12.0 Å². The van der Waals surface area contributed by atoms with Gasteiger partial charge in [-0.25, -0.2) is 13.1 Å². The van der Waals surface area contributed by atoms with Crippen LogP contribution in [0.1, 0.15) is 29.5 Å². The van der Waals surface area contributed by atoms with Crippen LogP contribution in [0, 0.1) is 6.92 Å². The van der Waals surface area contributed by atoms with Crippen molar-refractivity contribution in [2.24, 2.45) is 0 Å². The van der Waals surface area contributed by atoms with E-state index in [1.807, 2.05) is 26.2 Å². The van der Waals surface area contributed by atoms with E-state index in [0.717, 1.165) is 22.1 Å². The fourth-order valence-electron chi connectivity index (χ4n) is 2.02. The molecule has 1 aliphatic rings. The third-order valence-corrected chi connectivity index (χ3v) is 6.86. The lowest BCUT2D eigenvalue weighted by Crippen LogP contribution is -2.34. The Kier molecular flexibility index (Phi) is 5.53. The second-order valence-corrected chi connectivity index (χ2v) is 9.20. The van der Waals surface area contributed by atoms with Crippen molar-refractivity contribution < 1.29 is 8.42 Å². The first-order valence-corrected chi connectivity index (χ1v) is 10.5. The minimum absolute atomic E-state index is 0.0534. The molecular formula is C13H22N2O2S3. The van der Waals surface area contributed by atoms with Crippen LogP contribution >= 0.6 is 23.1 Å². The number of aryl methyl sites for hydroxylation is 1. The molecule has 1 atom stereocenters. The normalized spacial score (nSPS) is 17.4. The van der Waals surface area contributed by atoms with Crippen LogP contribution in [0.3, 0.4) is 0 Å². The van der Waals surface area contributed by atoms with Crippen molar-refractivity contribution in [3.05, 3.63) is 15.8 Å². The molecule has 1 heterocycles. The highest BCUT2D eigenvalue weighted by Crippen LogP contribution is 2.27. The third kappa shape index (κ3) is 4.46. The Morgan fingerprint density at radius 2 is 2.20 bits per heavy atom. The van der Waals surface area contributed by atoms with Gasteiger partial charge in [-0.05, 0) is 39.0 Å². The van der Waals surface area contributed by atoms with Crippen molar-refractivity contribution >= 4 is 33.1 Å². The quantitative estimate of drug-likeness (QED) is 0.766. The van der Waals surface area contributed by atoms with Gasteiger partial charge in [-0.1, -0.05) is 0 Å². The molecule has 0 radical (unpaired) electrons. The van der Waals surface area contributed by atoms with Crippen molar-refractivity contribution in [2.45, 2.75) is 50.2 Å². The Hall–Kier alpha value is -0.0800. The van der Waals surface area contributed by atoms with Gasteiger partial charge in [-0.3, -0.25) is 0 Å². The number of sulfonamides is 1. The van der Waals surface area contributed by atoms with E-state index in [0.29, 0.717) is 10.9 Å². The average Bonchev–Trinajstić information content (AvgIpc) is 3.09. The van der Waals surface area contributed by atoms with Crippen LogP contribution in [0.4, 0.5) is 0 Å². The van der Waals surface area contributed by atoms with Gasteiger partial charge in [0.05, 0.1) is 4.90 Å². The van der Waals surface area contributed by atoms with Crippen molar-refractivity contribution in [3.63, 3.8) is 0 Å². The molecule has 0 saturated heterocycles. The Morgan fingerprint density at radius 1 is 1.50 bits per heavy atom. The largest absolute Gasteiger partial charge is 0.309 e. The van der Waals surface area contributed by atoms with Crippen LogP contribution in [0.5, 0.6) is 0 Å². The summed E-state index contributed by atoms with van der Waals surface area (Å²) in [4.78, 5) is 2.39. The van der Waals surface area contributed by atoms with E-state index in [-0.39, 0.29) is 6.04 Å². The average molecular weight is 335 g/mol. The zero-order valence-electron chi connectivity index (χ0n) is 12.1. The maximum absolute atomic E-state index is 12.4. The van der Waals surface area contributed by atoms with Gasteiger partial charge >= 0.3 is 0 Å². The van der Waals surface area contributed by atoms with Crippen LogP contribution in [0.25, 0.3) is 0 Å². The molecule has 2 rings (SSSR count). The second kappa shape index (κ2) is 6.79. The Bertz CT molecular complexity index is 550. The van der Waals surface area contributed by atoms with E-state index in [9.17, 15) is 8.42 Å². The lowest BCUT2D eigenvalue weighted by atomic mass is 10.4. The predicted molar refractivity (Wildman–Crippen MR) is 87.1 cm³/mol. The van der Waals surface area contributed by atoms with Gasteiger partial charge in [-0.15, -0.1) is 11.3 Å². The summed E-state index contributed by atoms with van der Waals surface area (Å²) >= 11 is 3.20. The molecule has 0 aromatic carbocycles. The maximum atomic E-state index is 12.4. The molecule has 0 aliphatic heterocycles. The minimum atomic E-state index is -3.40. The first-order valence-electron chi connectivity index (χ1n) is 6.76. The molecule has 1 aromatic heterocycles. The van der Waals surface area contributed by atoms with Gasteiger partial charge in [-0.2, -0.15) is 11.8 Å².